The molecular formula is C17H28N2O2. The van der Waals surface area contributed by atoms with Gasteiger partial charge in [0.1, 0.15) is 18.5 Å². The minimum atomic E-state index is 0.0547. The van der Waals surface area contributed by atoms with Gasteiger partial charge in [-0.2, -0.15) is 0 Å². The molecule has 1 unspecified atom stereocenters. The summed E-state index contributed by atoms with van der Waals surface area (Å²) in [6, 6.07) is 6.76. The average molecular weight is 292 g/mol. The van der Waals surface area contributed by atoms with Crippen LogP contribution in [0.25, 0.3) is 0 Å². The van der Waals surface area contributed by atoms with Gasteiger partial charge in [-0.3, -0.25) is 4.90 Å². The Bertz CT molecular complexity index is 460. The number of benzene rings is 1. The molecule has 0 saturated carbocycles. The Hall–Kier alpha value is -1.10. The van der Waals surface area contributed by atoms with Gasteiger partial charge in [0.05, 0.1) is 6.61 Å². The molecule has 0 bridgehead atoms. The molecule has 1 aromatic carbocycles. The molecule has 0 aromatic heterocycles. The zero-order valence-electron chi connectivity index (χ0n) is 13.6. The molecule has 0 radical (unpaired) electrons. The van der Waals surface area contributed by atoms with E-state index in [1.54, 1.807) is 0 Å². The van der Waals surface area contributed by atoms with Crippen LogP contribution < -0.4 is 10.5 Å². The summed E-state index contributed by atoms with van der Waals surface area (Å²) in [5.74, 6) is 0.921. The minimum Gasteiger partial charge on any atom is -0.491 e. The highest BCUT2D eigenvalue weighted by Gasteiger charge is 2.22. The molecule has 2 rings (SSSR count). The Morgan fingerprint density at radius 1 is 1.38 bits per heavy atom. The summed E-state index contributed by atoms with van der Waals surface area (Å²) in [5, 5.41) is 0. The van der Waals surface area contributed by atoms with Gasteiger partial charge in [0, 0.05) is 25.2 Å². The molecule has 2 N–H and O–H groups in total. The average Bonchev–Trinajstić information content (AvgIpc) is 2.46. The van der Waals surface area contributed by atoms with Crippen molar-refractivity contribution in [2.24, 2.45) is 5.73 Å². The molecule has 0 spiro atoms. The van der Waals surface area contributed by atoms with Crippen LogP contribution in [0.1, 0.15) is 37.9 Å². The number of aryl methyl sites for hydroxylation is 1. The number of nitrogens with zero attached hydrogens (tertiary/aromatic N) is 1. The van der Waals surface area contributed by atoms with Gasteiger partial charge in [0.2, 0.25) is 0 Å². The van der Waals surface area contributed by atoms with Gasteiger partial charge >= 0.3 is 0 Å². The molecule has 4 nitrogen and oxygen atoms in total. The lowest BCUT2D eigenvalue weighted by atomic mass is 10.1. The molecule has 1 fully saturated rings. The second-order valence-corrected chi connectivity index (χ2v) is 6.21. The number of hydrogen-bond donors (Lipinski definition) is 1. The third-order valence-electron chi connectivity index (χ3n) is 4.05. The van der Waals surface area contributed by atoms with Crippen LogP contribution in [0.4, 0.5) is 0 Å². The SMILES string of the molecule is Cc1cc([C@@H](C)N)ccc1OCC1CN(C(C)C)CCO1. The van der Waals surface area contributed by atoms with E-state index in [0.29, 0.717) is 12.6 Å². The molecule has 21 heavy (non-hydrogen) atoms. The highest BCUT2D eigenvalue weighted by atomic mass is 16.5. The maximum Gasteiger partial charge on any atom is 0.122 e. The zero-order valence-corrected chi connectivity index (χ0v) is 13.6. The topological polar surface area (TPSA) is 47.7 Å². The van der Waals surface area contributed by atoms with Crippen LogP contribution >= 0.6 is 0 Å². The predicted molar refractivity (Wildman–Crippen MR) is 85.7 cm³/mol. The summed E-state index contributed by atoms with van der Waals surface area (Å²) in [6.45, 7) is 11.8. The lowest BCUT2D eigenvalue weighted by Crippen LogP contribution is -2.47. The first-order valence-electron chi connectivity index (χ1n) is 7.82. The minimum absolute atomic E-state index is 0.0547. The molecule has 1 aliphatic rings. The summed E-state index contributed by atoms with van der Waals surface area (Å²) in [7, 11) is 0. The number of morpholine rings is 1. The van der Waals surface area contributed by atoms with Crippen LogP contribution in [-0.2, 0) is 4.74 Å². The van der Waals surface area contributed by atoms with Gasteiger partial charge in [-0.15, -0.1) is 0 Å². The summed E-state index contributed by atoms with van der Waals surface area (Å²) < 4.78 is 11.7. The standard InChI is InChI=1S/C17H28N2O2/c1-12(2)19-7-8-20-16(10-19)11-21-17-6-5-15(14(4)18)9-13(17)3/h5-6,9,12,14,16H,7-8,10-11,18H2,1-4H3/t14-,16?/m1/s1. The quantitative estimate of drug-likeness (QED) is 0.906. The Labute approximate surface area is 128 Å². The van der Waals surface area contributed by atoms with E-state index >= 15 is 0 Å². The molecule has 0 amide bonds. The second-order valence-electron chi connectivity index (χ2n) is 6.21. The van der Waals surface area contributed by atoms with E-state index in [0.717, 1.165) is 36.6 Å². The maximum atomic E-state index is 5.95. The monoisotopic (exact) mass is 292 g/mol. The Morgan fingerprint density at radius 3 is 2.76 bits per heavy atom. The number of ether oxygens (including phenoxy) is 2. The smallest absolute Gasteiger partial charge is 0.122 e. The Balaban J connectivity index is 1.91. The first-order chi connectivity index (χ1) is 9.97. The second kappa shape index (κ2) is 7.25. The number of hydrogen-bond acceptors (Lipinski definition) is 4. The first-order valence-corrected chi connectivity index (χ1v) is 7.82. The fraction of sp³-hybridized carbons (Fsp3) is 0.647. The molecule has 2 atom stereocenters. The van der Waals surface area contributed by atoms with Crippen LogP contribution in [0.3, 0.4) is 0 Å². The largest absolute Gasteiger partial charge is 0.491 e. The molecule has 0 aliphatic carbocycles. The van der Waals surface area contributed by atoms with Gasteiger partial charge in [-0.25, -0.2) is 0 Å². The predicted octanol–water partition coefficient (Wildman–Crippen LogP) is 2.50. The summed E-state index contributed by atoms with van der Waals surface area (Å²) in [5.41, 5.74) is 8.17. The van der Waals surface area contributed by atoms with Crippen molar-refractivity contribution in [3.8, 4) is 5.75 Å². The van der Waals surface area contributed by atoms with E-state index in [2.05, 4.69) is 31.7 Å². The van der Waals surface area contributed by atoms with Crippen molar-refractivity contribution in [2.45, 2.75) is 45.9 Å². The maximum absolute atomic E-state index is 5.95. The fourth-order valence-electron chi connectivity index (χ4n) is 2.61. The van der Waals surface area contributed by atoms with Gasteiger partial charge in [0.25, 0.3) is 0 Å². The van der Waals surface area contributed by atoms with Crippen molar-refractivity contribution >= 4 is 0 Å². The third kappa shape index (κ3) is 4.43. The molecule has 4 heteroatoms. The lowest BCUT2D eigenvalue weighted by Gasteiger charge is -2.35. The van der Waals surface area contributed by atoms with Crippen molar-refractivity contribution in [1.82, 2.24) is 4.90 Å². The van der Waals surface area contributed by atoms with E-state index in [4.69, 9.17) is 15.2 Å². The lowest BCUT2D eigenvalue weighted by molar-refractivity contribution is -0.0565. The summed E-state index contributed by atoms with van der Waals surface area (Å²) in [4.78, 5) is 2.43. The van der Waals surface area contributed by atoms with Crippen LogP contribution in [0.2, 0.25) is 0 Å². The van der Waals surface area contributed by atoms with E-state index < -0.39 is 0 Å². The third-order valence-corrected chi connectivity index (χ3v) is 4.05. The molecule has 1 aliphatic heterocycles. The van der Waals surface area contributed by atoms with Gasteiger partial charge in [-0.05, 0) is 44.9 Å². The summed E-state index contributed by atoms with van der Waals surface area (Å²) >= 11 is 0. The normalized spacial score (nSPS) is 21.5. The van der Waals surface area contributed by atoms with E-state index in [1.807, 2.05) is 19.1 Å². The number of nitrogens with two attached hydrogens (primary N) is 1. The highest BCUT2D eigenvalue weighted by molar-refractivity contribution is 5.37. The Kier molecular flexibility index (Phi) is 5.62. The van der Waals surface area contributed by atoms with E-state index in [-0.39, 0.29) is 12.1 Å². The summed E-state index contributed by atoms with van der Waals surface area (Å²) in [6.07, 6.45) is 0.147. The molecule has 1 saturated heterocycles. The van der Waals surface area contributed by atoms with Crippen molar-refractivity contribution in [1.29, 1.82) is 0 Å². The van der Waals surface area contributed by atoms with Crippen molar-refractivity contribution in [3.05, 3.63) is 29.3 Å². The van der Waals surface area contributed by atoms with Crippen molar-refractivity contribution < 1.29 is 9.47 Å². The molecule has 1 aromatic rings. The fourth-order valence-corrected chi connectivity index (χ4v) is 2.61. The Morgan fingerprint density at radius 2 is 2.14 bits per heavy atom. The van der Waals surface area contributed by atoms with Crippen molar-refractivity contribution in [2.75, 3.05) is 26.3 Å². The van der Waals surface area contributed by atoms with Gasteiger partial charge < -0.3 is 15.2 Å². The van der Waals surface area contributed by atoms with Crippen LogP contribution in [0, 0.1) is 6.92 Å². The first kappa shape index (κ1) is 16.3. The highest BCUT2D eigenvalue weighted by Crippen LogP contribution is 2.22. The molecule has 1 heterocycles. The van der Waals surface area contributed by atoms with Crippen LogP contribution in [0.15, 0.2) is 18.2 Å². The van der Waals surface area contributed by atoms with Crippen molar-refractivity contribution in [3.63, 3.8) is 0 Å². The molecular weight excluding hydrogens is 264 g/mol. The van der Waals surface area contributed by atoms with Crippen LogP contribution in [0.5, 0.6) is 5.75 Å². The number of rotatable bonds is 5. The van der Waals surface area contributed by atoms with Gasteiger partial charge in [0.15, 0.2) is 0 Å². The van der Waals surface area contributed by atoms with E-state index in [9.17, 15) is 0 Å². The van der Waals surface area contributed by atoms with Gasteiger partial charge in [-0.1, -0.05) is 12.1 Å². The van der Waals surface area contributed by atoms with E-state index in [1.165, 1.54) is 0 Å². The van der Waals surface area contributed by atoms with Crippen LogP contribution in [-0.4, -0.2) is 43.3 Å². The zero-order chi connectivity index (χ0) is 15.4. The molecule has 118 valence electrons.